The van der Waals surface area contributed by atoms with E-state index < -0.39 is 10.8 Å². The van der Waals surface area contributed by atoms with Crippen molar-refractivity contribution in [2.24, 2.45) is 5.10 Å². The summed E-state index contributed by atoms with van der Waals surface area (Å²) >= 11 is 0. The van der Waals surface area contributed by atoms with Crippen molar-refractivity contribution in [3.63, 3.8) is 0 Å². The van der Waals surface area contributed by atoms with Crippen LogP contribution < -0.4 is 10.2 Å². The lowest BCUT2D eigenvalue weighted by atomic mass is 10.1. The normalized spacial score (nSPS) is 11.0. The van der Waals surface area contributed by atoms with Gasteiger partial charge in [0.1, 0.15) is 11.4 Å². The number of benzene rings is 2. The van der Waals surface area contributed by atoms with Crippen molar-refractivity contribution in [3.05, 3.63) is 76.0 Å². The Morgan fingerprint density at radius 3 is 2.62 bits per heavy atom. The van der Waals surface area contributed by atoms with Gasteiger partial charge < -0.3 is 4.74 Å². The van der Waals surface area contributed by atoms with Gasteiger partial charge in [0.25, 0.3) is 11.6 Å². The second-order valence-electron chi connectivity index (χ2n) is 7.82. The number of rotatable bonds is 13. The van der Waals surface area contributed by atoms with Gasteiger partial charge in [0.15, 0.2) is 0 Å². The molecule has 3 rings (SSSR count). The second-order valence-corrected chi connectivity index (χ2v) is 7.82. The van der Waals surface area contributed by atoms with Crippen molar-refractivity contribution >= 4 is 17.8 Å². The van der Waals surface area contributed by atoms with Crippen LogP contribution in [-0.4, -0.2) is 33.8 Å². The number of aromatic amines is 1. The smallest absolute Gasteiger partial charge is 0.289 e. The lowest BCUT2D eigenvalue weighted by molar-refractivity contribution is -0.385. The van der Waals surface area contributed by atoms with Gasteiger partial charge in [-0.2, -0.15) is 10.2 Å². The first kappa shape index (κ1) is 24.6. The molecule has 0 aliphatic rings. The lowest BCUT2D eigenvalue weighted by Gasteiger charge is -2.06. The zero-order valence-electron chi connectivity index (χ0n) is 19.2. The molecular weight excluding hydrogens is 434 g/mol. The molecule has 0 bridgehead atoms. The van der Waals surface area contributed by atoms with Gasteiger partial charge in [0.2, 0.25) is 0 Å². The number of nitrogens with one attached hydrogen (secondary N) is 2. The average molecular weight is 464 g/mol. The number of amides is 1. The molecule has 0 fully saturated rings. The van der Waals surface area contributed by atoms with Crippen LogP contribution in [0.3, 0.4) is 0 Å². The summed E-state index contributed by atoms with van der Waals surface area (Å²) in [5.74, 6) is 0.294. The molecule has 0 aliphatic heterocycles. The lowest BCUT2D eigenvalue weighted by Crippen LogP contribution is -2.18. The van der Waals surface area contributed by atoms with E-state index in [-0.39, 0.29) is 16.9 Å². The Morgan fingerprint density at radius 2 is 1.85 bits per heavy atom. The van der Waals surface area contributed by atoms with Crippen LogP contribution in [0.5, 0.6) is 5.75 Å². The molecule has 1 heterocycles. The number of carbonyl (C=O) groups is 1. The van der Waals surface area contributed by atoms with Gasteiger partial charge in [-0.25, -0.2) is 5.43 Å². The molecule has 2 aromatic carbocycles. The van der Waals surface area contributed by atoms with Gasteiger partial charge in [0.05, 0.1) is 29.0 Å². The van der Waals surface area contributed by atoms with Crippen molar-refractivity contribution in [2.45, 2.75) is 45.4 Å². The Balaban J connectivity index is 1.50. The maximum Gasteiger partial charge on any atom is 0.289 e. The predicted octanol–water partition coefficient (Wildman–Crippen LogP) is 5.49. The molecule has 1 aromatic heterocycles. The summed E-state index contributed by atoms with van der Waals surface area (Å²) in [6, 6.07) is 15.3. The Bertz CT molecular complexity index is 1110. The number of hydrogen-bond acceptors (Lipinski definition) is 6. The predicted molar refractivity (Wildman–Crippen MR) is 131 cm³/mol. The Hall–Kier alpha value is -4.01. The molecule has 0 saturated carbocycles. The first-order chi connectivity index (χ1) is 16.6. The molecule has 0 aliphatic carbocycles. The van der Waals surface area contributed by atoms with Crippen LogP contribution in [0.25, 0.3) is 11.3 Å². The summed E-state index contributed by atoms with van der Waals surface area (Å²) in [6.07, 6.45) is 8.55. The van der Waals surface area contributed by atoms with Crippen molar-refractivity contribution in [1.82, 2.24) is 15.6 Å². The standard InChI is InChI=1S/C25H29N5O4/c1-2-3-4-5-6-9-16-34-21-14-12-19(13-15-21)22-17-23(28-27-22)25(31)29-26-18-20-10-7-8-11-24(20)30(32)33/h7-8,10-15,17-18H,2-6,9,16H2,1H3,(H,27,28)(H,29,31)/b26-18-. The van der Waals surface area contributed by atoms with E-state index in [1.165, 1.54) is 44.4 Å². The molecule has 0 saturated heterocycles. The first-order valence-electron chi connectivity index (χ1n) is 11.4. The van der Waals surface area contributed by atoms with Crippen LogP contribution in [0.2, 0.25) is 0 Å². The van der Waals surface area contributed by atoms with Crippen LogP contribution in [0.1, 0.15) is 61.5 Å². The minimum atomic E-state index is -0.507. The Kier molecular flexibility index (Phi) is 9.33. The van der Waals surface area contributed by atoms with E-state index in [4.69, 9.17) is 4.74 Å². The van der Waals surface area contributed by atoms with Gasteiger partial charge in [-0.3, -0.25) is 20.0 Å². The molecule has 3 aromatic rings. The fourth-order valence-corrected chi connectivity index (χ4v) is 3.36. The zero-order valence-corrected chi connectivity index (χ0v) is 19.2. The largest absolute Gasteiger partial charge is 0.494 e. The average Bonchev–Trinajstić information content (AvgIpc) is 3.34. The number of hydrazone groups is 1. The van der Waals surface area contributed by atoms with Crippen molar-refractivity contribution in [1.29, 1.82) is 0 Å². The number of nitro groups is 1. The zero-order chi connectivity index (χ0) is 24.2. The highest BCUT2D eigenvalue weighted by Gasteiger charge is 2.12. The highest BCUT2D eigenvalue weighted by atomic mass is 16.6. The number of ether oxygens (including phenoxy) is 1. The molecule has 1 amide bonds. The molecule has 9 heteroatoms. The van der Waals surface area contributed by atoms with Gasteiger partial charge in [-0.05, 0) is 42.8 Å². The van der Waals surface area contributed by atoms with Gasteiger partial charge >= 0.3 is 0 Å². The molecule has 2 N–H and O–H groups in total. The first-order valence-corrected chi connectivity index (χ1v) is 11.4. The van der Waals surface area contributed by atoms with Gasteiger partial charge in [-0.15, -0.1) is 0 Å². The molecule has 0 radical (unpaired) electrons. The summed E-state index contributed by atoms with van der Waals surface area (Å²) in [6.45, 7) is 2.91. The maximum absolute atomic E-state index is 12.3. The summed E-state index contributed by atoms with van der Waals surface area (Å²) in [7, 11) is 0. The van der Waals surface area contributed by atoms with Gasteiger partial charge in [-0.1, -0.05) is 51.2 Å². The number of hydrogen-bond donors (Lipinski definition) is 2. The monoisotopic (exact) mass is 463 g/mol. The van der Waals surface area contributed by atoms with E-state index >= 15 is 0 Å². The van der Waals surface area contributed by atoms with E-state index in [0.29, 0.717) is 12.3 Å². The Labute approximate surface area is 198 Å². The van der Waals surface area contributed by atoms with E-state index in [1.54, 1.807) is 24.3 Å². The molecular formula is C25H29N5O4. The number of carbonyl (C=O) groups excluding carboxylic acids is 1. The van der Waals surface area contributed by atoms with E-state index in [0.717, 1.165) is 17.7 Å². The third-order valence-corrected chi connectivity index (χ3v) is 5.24. The van der Waals surface area contributed by atoms with E-state index in [9.17, 15) is 14.9 Å². The third-order valence-electron chi connectivity index (χ3n) is 5.24. The number of nitro benzene ring substituents is 1. The van der Waals surface area contributed by atoms with Crippen molar-refractivity contribution in [2.75, 3.05) is 6.61 Å². The molecule has 0 spiro atoms. The fraction of sp³-hybridized carbons (Fsp3) is 0.320. The van der Waals surface area contributed by atoms with Crippen molar-refractivity contribution in [3.8, 4) is 17.0 Å². The summed E-state index contributed by atoms with van der Waals surface area (Å²) in [5.41, 5.74) is 4.21. The van der Waals surface area contributed by atoms with E-state index in [2.05, 4.69) is 27.6 Å². The van der Waals surface area contributed by atoms with Crippen LogP contribution in [0.4, 0.5) is 5.69 Å². The highest BCUT2D eigenvalue weighted by Crippen LogP contribution is 2.22. The van der Waals surface area contributed by atoms with Crippen LogP contribution in [0, 0.1) is 10.1 Å². The minimum Gasteiger partial charge on any atom is -0.494 e. The van der Waals surface area contributed by atoms with Crippen molar-refractivity contribution < 1.29 is 14.5 Å². The second kappa shape index (κ2) is 12.9. The molecule has 178 valence electrons. The number of nitrogens with zero attached hydrogens (tertiary/aromatic N) is 3. The van der Waals surface area contributed by atoms with Gasteiger partial charge in [0, 0.05) is 11.6 Å². The summed E-state index contributed by atoms with van der Waals surface area (Å²) in [4.78, 5) is 22.9. The fourth-order valence-electron chi connectivity index (χ4n) is 3.36. The summed E-state index contributed by atoms with van der Waals surface area (Å²) < 4.78 is 5.80. The maximum atomic E-state index is 12.3. The summed E-state index contributed by atoms with van der Waals surface area (Å²) in [5, 5.41) is 21.7. The number of para-hydroxylation sites is 1. The number of aromatic nitrogens is 2. The minimum absolute atomic E-state index is 0.0938. The number of unbranched alkanes of at least 4 members (excludes halogenated alkanes) is 5. The quantitative estimate of drug-likeness (QED) is 0.150. The highest BCUT2D eigenvalue weighted by molar-refractivity contribution is 5.94. The third kappa shape index (κ3) is 7.26. The number of H-pyrrole nitrogens is 1. The van der Waals surface area contributed by atoms with E-state index in [1.807, 2.05) is 24.3 Å². The molecule has 34 heavy (non-hydrogen) atoms. The molecule has 0 atom stereocenters. The molecule has 9 nitrogen and oxygen atoms in total. The van der Waals surface area contributed by atoms with Crippen LogP contribution in [-0.2, 0) is 0 Å². The SMILES string of the molecule is CCCCCCCCOc1ccc(-c2cc(C(=O)N/N=C\c3ccccc3[N+](=O)[O-])[nH]n2)cc1. The molecule has 0 unspecified atom stereocenters. The Morgan fingerprint density at radius 1 is 1.12 bits per heavy atom. The van der Waals surface area contributed by atoms with Crippen LogP contribution >= 0.6 is 0 Å². The topological polar surface area (TPSA) is 123 Å². The van der Waals surface area contributed by atoms with Crippen LogP contribution in [0.15, 0.2) is 59.7 Å².